The van der Waals surface area contributed by atoms with E-state index in [9.17, 15) is 9.59 Å². The molecule has 6 aromatic rings. The lowest BCUT2D eigenvalue weighted by molar-refractivity contribution is 0.0678. The lowest BCUT2D eigenvalue weighted by Crippen LogP contribution is -2.02. The lowest BCUT2D eigenvalue weighted by Gasteiger charge is -2.07. The van der Waals surface area contributed by atoms with Crippen LogP contribution in [0.5, 0.6) is 0 Å². The molecule has 192 valence electrons. The van der Waals surface area contributed by atoms with Crippen molar-refractivity contribution in [3.63, 3.8) is 0 Å². The Morgan fingerprint density at radius 1 is 0.425 bits per heavy atom. The predicted octanol–water partition coefficient (Wildman–Crippen LogP) is 4.06. The summed E-state index contributed by atoms with van der Waals surface area (Å²) in [5, 5.41) is 34.3. The third-order valence-electron chi connectivity index (χ3n) is 5.87. The Kier molecular flexibility index (Phi) is 6.09. The highest BCUT2D eigenvalue weighted by atomic mass is 16.4. The predicted molar refractivity (Wildman–Crippen MR) is 142 cm³/mol. The topological polar surface area (TPSA) is 178 Å². The average molecular weight is 528 g/mol. The Balaban J connectivity index is 1.32. The van der Waals surface area contributed by atoms with Crippen LogP contribution in [0.4, 0.5) is 0 Å². The number of fused-ring (bicyclic) bond motifs is 1. The number of carbonyl (C=O) groups is 2. The first-order valence-electron chi connectivity index (χ1n) is 11.8. The summed E-state index contributed by atoms with van der Waals surface area (Å²) in [5.41, 5.74) is 4.43. The number of aromatic carboxylic acids is 2. The highest BCUT2D eigenvalue weighted by molar-refractivity contribution is 5.86. The minimum absolute atomic E-state index is 0.151. The maximum atomic E-state index is 11.1. The summed E-state index contributed by atoms with van der Waals surface area (Å²) < 4.78 is 0. The van der Waals surface area contributed by atoms with Gasteiger partial charge in [-0.3, -0.25) is 0 Å². The molecule has 6 rings (SSSR count). The third kappa shape index (κ3) is 4.79. The van der Waals surface area contributed by atoms with Gasteiger partial charge in [0.2, 0.25) is 0 Å². The van der Waals surface area contributed by atoms with Gasteiger partial charge in [0.1, 0.15) is 11.4 Å². The second-order valence-corrected chi connectivity index (χ2v) is 8.47. The van der Waals surface area contributed by atoms with Crippen LogP contribution >= 0.6 is 0 Å². The molecule has 40 heavy (non-hydrogen) atoms. The van der Waals surface area contributed by atoms with E-state index in [4.69, 9.17) is 20.2 Å². The molecular formula is C28H16N8O4. The SMILES string of the molecule is O=C(O)c1ccc(-c2cccc(-c3ccc4ccc(-c5cccc(-c6ccc(C(=O)O)nn6)n5)nc4n3)n2)nn1. The third-order valence-corrected chi connectivity index (χ3v) is 5.87. The molecule has 2 N–H and O–H groups in total. The van der Waals surface area contributed by atoms with Gasteiger partial charge in [-0.1, -0.05) is 12.1 Å². The molecule has 6 aromatic heterocycles. The summed E-state index contributed by atoms with van der Waals surface area (Å²) in [6, 6.07) is 24.1. The van der Waals surface area contributed by atoms with Crippen LogP contribution in [-0.4, -0.2) is 62.5 Å². The largest absolute Gasteiger partial charge is 0.476 e. The van der Waals surface area contributed by atoms with Crippen LogP contribution in [0.15, 0.2) is 84.9 Å². The van der Waals surface area contributed by atoms with Crippen LogP contribution in [0.1, 0.15) is 21.0 Å². The molecule has 0 amide bonds. The average Bonchev–Trinajstić information content (AvgIpc) is 3.00. The van der Waals surface area contributed by atoms with Crippen molar-refractivity contribution in [1.29, 1.82) is 0 Å². The number of nitrogens with zero attached hydrogens (tertiary/aromatic N) is 8. The van der Waals surface area contributed by atoms with Gasteiger partial charge in [-0.05, 0) is 72.8 Å². The van der Waals surface area contributed by atoms with Crippen LogP contribution in [0.2, 0.25) is 0 Å². The molecule has 0 saturated carbocycles. The summed E-state index contributed by atoms with van der Waals surface area (Å²) >= 11 is 0. The zero-order valence-electron chi connectivity index (χ0n) is 20.4. The number of pyridine rings is 4. The highest BCUT2D eigenvalue weighted by Crippen LogP contribution is 2.25. The van der Waals surface area contributed by atoms with Gasteiger partial charge in [0.15, 0.2) is 17.0 Å². The van der Waals surface area contributed by atoms with E-state index in [2.05, 4.69) is 30.4 Å². The van der Waals surface area contributed by atoms with Crippen molar-refractivity contribution in [3.05, 3.63) is 96.3 Å². The first-order chi connectivity index (χ1) is 19.4. The van der Waals surface area contributed by atoms with E-state index >= 15 is 0 Å². The van der Waals surface area contributed by atoms with Gasteiger partial charge in [-0.15, -0.1) is 20.4 Å². The van der Waals surface area contributed by atoms with Crippen molar-refractivity contribution in [2.24, 2.45) is 0 Å². The van der Waals surface area contributed by atoms with Crippen LogP contribution in [0.3, 0.4) is 0 Å². The first-order valence-corrected chi connectivity index (χ1v) is 11.8. The van der Waals surface area contributed by atoms with E-state index in [1.165, 1.54) is 12.1 Å². The number of aromatic nitrogens is 8. The van der Waals surface area contributed by atoms with Crippen molar-refractivity contribution in [2.75, 3.05) is 0 Å². The van der Waals surface area contributed by atoms with Gasteiger partial charge >= 0.3 is 11.9 Å². The zero-order valence-corrected chi connectivity index (χ0v) is 20.4. The first kappa shape index (κ1) is 24.3. The second-order valence-electron chi connectivity index (χ2n) is 8.47. The molecule has 0 aliphatic rings. The summed E-state index contributed by atoms with van der Waals surface area (Å²) in [6.07, 6.45) is 0. The van der Waals surface area contributed by atoms with Crippen LogP contribution < -0.4 is 0 Å². The Hall–Kier alpha value is -6.04. The zero-order chi connectivity index (χ0) is 27.6. The van der Waals surface area contributed by atoms with Crippen molar-refractivity contribution in [1.82, 2.24) is 40.3 Å². The summed E-state index contributed by atoms with van der Waals surface area (Å²) in [4.78, 5) is 40.8. The minimum atomic E-state index is -1.15. The summed E-state index contributed by atoms with van der Waals surface area (Å²) in [5.74, 6) is -2.31. The van der Waals surface area contributed by atoms with Crippen LogP contribution in [0.25, 0.3) is 56.6 Å². The van der Waals surface area contributed by atoms with Crippen molar-refractivity contribution >= 4 is 23.0 Å². The lowest BCUT2D eigenvalue weighted by atomic mass is 10.1. The molecule has 0 atom stereocenters. The molecule has 12 nitrogen and oxygen atoms in total. The van der Waals surface area contributed by atoms with E-state index in [-0.39, 0.29) is 11.4 Å². The summed E-state index contributed by atoms with van der Waals surface area (Å²) in [6.45, 7) is 0. The number of carboxylic acids is 2. The molecule has 12 heteroatoms. The van der Waals surface area contributed by atoms with Gasteiger partial charge in [0.25, 0.3) is 0 Å². The Bertz CT molecular complexity index is 1780. The molecule has 0 saturated heterocycles. The molecule has 0 unspecified atom stereocenters. The molecule has 0 fully saturated rings. The van der Waals surface area contributed by atoms with E-state index in [0.29, 0.717) is 51.2 Å². The van der Waals surface area contributed by atoms with Gasteiger partial charge in [-0.2, -0.15) is 0 Å². The van der Waals surface area contributed by atoms with Gasteiger partial charge in [0.05, 0.1) is 34.2 Å². The maximum absolute atomic E-state index is 11.1. The molecular weight excluding hydrogens is 512 g/mol. The molecule has 0 aliphatic heterocycles. The van der Waals surface area contributed by atoms with Crippen LogP contribution in [-0.2, 0) is 0 Å². The van der Waals surface area contributed by atoms with Gasteiger partial charge < -0.3 is 10.2 Å². The second kappa shape index (κ2) is 10.0. The highest BCUT2D eigenvalue weighted by Gasteiger charge is 2.12. The Morgan fingerprint density at radius 3 is 1.18 bits per heavy atom. The number of hydrogen-bond acceptors (Lipinski definition) is 10. The molecule has 0 spiro atoms. The van der Waals surface area contributed by atoms with E-state index in [1.54, 1.807) is 24.3 Å². The van der Waals surface area contributed by atoms with Gasteiger partial charge in [0, 0.05) is 5.39 Å². The van der Waals surface area contributed by atoms with E-state index in [0.717, 1.165) is 5.39 Å². The fourth-order valence-corrected chi connectivity index (χ4v) is 3.89. The maximum Gasteiger partial charge on any atom is 0.356 e. The van der Waals surface area contributed by atoms with Gasteiger partial charge in [-0.25, -0.2) is 29.5 Å². The summed E-state index contributed by atoms with van der Waals surface area (Å²) in [7, 11) is 0. The monoisotopic (exact) mass is 528 g/mol. The number of hydrogen-bond donors (Lipinski definition) is 2. The van der Waals surface area contributed by atoms with E-state index < -0.39 is 11.9 Å². The minimum Gasteiger partial charge on any atom is -0.476 e. The Morgan fingerprint density at radius 2 is 0.800 bits per heavy atom. The Labute approximate surface area is 225 Å². The van der Waals surface area contributed by atoms with Crippen molar-refractivity contribution in [3.8, 4) is 45.6 Å². The van der Waals surface area contributed by atoms with E-state index in [1.807, 2.05) is 48.5 Å². The fraction of sp³-hybridized carbons (Fsp3) is 0. The standard InChI is InChI=1S/C28H16N8O4/c37-27(38)24-13-11-22(33-35-24)18-5-1-3-16(29-18)20-9-7-15-8-10-21(32-26(15)31-20)17-4-2-6-19(30-17)23-12-14-25(28(39)40)36-34-23/h1-14H,(H,37,38)(H,39,40). The molecule has 0 radical (unpaired) electrons. The fourth-order valence-electron chi connectivity index (χ4n) is 3.89. The number of carboxylic acid groups (broad SMARTS) is 2. The molecule has 0 aliphatic carbocycles. The smallest absolute Gasteiger partial charge is 0.356 e. The quantitative estimate of drug-likeness (QED) is 0.317. The number of rotatable bonds is 6. The molecule has 6 heterocycles. The van der Waals surface area contributed by atoms with Crippen molar-refractivity contribution < 1.29 is 19.8 Å². The normalized spacial score (nSPS) is 10.9. The molecule has 0 bridgehead atoms. The van der Waals surface area contributed by atoms with Crippen LogP contribution in [0, 0.1) is 0 Å². The molecule has 0 aromatic carbocycles. The van der Waals surface area contributed by atoms with Crippen molar-refractivity contribution in [2.45, 2.75) is 0 Å².